The van der Waals surface area contributed by atoms with Gasteiger partial charge in [0, 0.05) is 24.2 Å². The second kappa shape index (κ2) is 8.16. The van der Waals surface area contributed by atoms with Gasteiger partial charge in [-0.1, -0.05) is 18.2 Å². The second-order valence-electron chi connectivity index (χ2n) is 6.64. The fourth-order valence-corrected chi connectivity index (χ4v) is 3.11. The van der Waals surface area contributed by atoms with E-state index in [-0.39, 0.29) is 5.69 Å². The molecular formula is C23H20N4O3. The molecule has 0 unspecified atom stereocenters. The number of carbonyl (C=O) groups excluding carboxylic acids is 1. The lowest BCUT2D eigenvalue weighted by atomic mass is 10.2. The highest BCUT2D eigenvalue weighted by atomic mass is 16.5. The molecule has 2 aromatic carbocycles. The van der Waals surface area contributed by atoms with E-state index in [1.807, 2.05) is 67.4 Å². The molecule has 0 bridgehead atoms. The summed E-state index contributed by atoms with van der Waals surface area (Å²) in [6.07, 6.45) is 1.49. The quantitative estimate of drug-likeness (QED) is 0.450. The van der Waals surface area contributed by atoms with Crippen LogP contribution in [-0.4, -0.2) is 35.1 Å². The van der Waals surface area contributed by atoms with Crippen molar-refractivity contribution in [2.45, 2.75) is 6.92 Å². The van der Waals surface area contributed by atoms with E-state index in [1.165, 1.54) is 13.3 Å². The van der Waals surface area contributed by atoms with Gasteiger partial charge in [-0.05, 0) is 43.3 Å². The van der Waals surface area contributed by atoms with Crippen molar-refractivity contribution in [3.63, 3.8) is 0 Å². The van der Waals surface area contributed by atoms with Crippen LogP contribution in [0.1, 0.15) is 16.3 Å². The summed E-state index contributed by atoms with van der Waals surface area (Å²) in [5.41, 5.74) is 2.04. The number of methoxy groups -OCH3 is 1. The minimum atomic E-state index is -0.488. The molecule has 2 aromatic heterocycles. The number of benzene rings is 2. The zero-order valence-corrected chi connectivity index (χ0v) is 16.9. The maximum Gasteiger partial charge on any atom is 0.356 e. The van der Waals surface area contributed by atoms with Crippen LogP contribution in [0.3, 0.4) is 0 Å². The van der Waals surface area contributed by atoms with E-state index in [4.69, 9.17) is 4.74 Å². The number of aromatic nitrogens is 3. The third-order valence-electron chi connectivity index (χ3n) is 4.58. The summed E-state index contributed by atoms with van der Waals surface area (Å²) in [5.74, 6) is 2.20. The van der Waals surface area contributed by atoms with Crippen LogP contribution < -0.4 is 9.64 Å². The summed E-state index contributed by atoms with van der Waals surface area (Å²) in [6.45, 7) is 1.88. The monoisotopic (exact) mass is 400 g/mol. The van der Waals surface area contributed by atoms with Gasteiger partial charge in [0.1, 0.15) is 28.8 Å². The SMILES string of the molecule is COC(=O)c1ccc(Oc2cccc(N(C)c3nc(C)nc4ccccc34)c2)cn1. The molecule has 0 atom stereocenters. The summed E-state index contributed by atoms with van der Waals surface area (Å²) < 4.78 is 10.6. The number of esters is 1. The number of rotatable bonds is 5. The molecule has 0 aliphatic heterocycles. The number of para-hydroxylation sites is 1. The average molecular weight is 400 g/mol. The second-order valence-corrected chi connectivity index (χ2v) is 6.64. The minimum absolute atomic E-state index is 0.226. The molecule has 0 aliphatic carbocycles. The zero-order valence-electron chi connectivity index (χ0n) is 16.9. The number of aryl methyl sites for hydroxylation is 1. The summed E-state index contributed by atoms with van der Waals surface area (Å²) in [4.78, 5) is 26.7. The van der Waals surface area contributed by atoms with E-state index in [0.717, 1.165) is 22.4 Å². The van der Waals surface area contributed by atoms with Gasteiger partial charge in [0.05, 0.1) is 18.8 Å². The van der Waals surface area contributed by atoms with Crippen LogP contribution in [0.25, 0.3) is 10.9 Å². The van der Waals surface area contributed by atoms with E-state index in [0.29, 0.717) is 17.3 Å². The van der Waals surface area contributed by atoms with Crippen LogP contribution in [0.15, 0.2) is 66.9 Å². The van der Waals surface area contributed by atoms with Crippen LogP contribution in [0.4, 0.5) is 11.5 Å². The van der Waals surface area contributed by atoms with E-state index in [2.05, 4.69) is 19.7 Å². The lowest BCUT2D eigenvalue weighted by Gasteiger charge is -2.21. The lowest BCUT2D eigenvalue weighted by Crippen LogP contribution is -2.13. The predicted molar refractivity (Wildman–Crippen MR) is 114 cm³/mol. The van der Waals surface area contributed by atoms with Crippen molar-refractivity contribution in [1.29, 1.82) is 0 Å². The number of carbonyl (C=O) groups is 1. The Morgan fingerprint density at radius 1 is 0.967 bits per heavy atom. The topological polar surface area (TPSA) is 77.4 Å². The van der Waals surface area contributed by atoms with Gasteiger partial charge in [-0.15, -0.1) is 0 Å². The Balaban J connectivity index is 1.62. The van der Waals surface area contributed by atoms with E-state index in [9.17, 15) is 4.79 Å². The molecule has 7 heteroatoms. The van der Waals surface area contributed by atoms with E-state index < -0.39 is 5.97 Å². The van der Waals surface area contributed by atoms with Crippen molar-refractivity contribution in [3.05, 3.63) is 78.4 Å². The molecule has 0 amide bonds. The number of nitrogens with zero attached hydrogens (tertiary/aromatic N) is 4. The Labute approximate surface area is 173 Å². The third kappa shape index (κ3) is 3.91. The highest BCUT2D eigenvalue weighted by molar-refractivity contribution is 5.91. The summed E-state index contributed by atoms with van der Waals surface area (Å²) in [6, 6.07) is 18.8. The first-order chi connectivity index (χ1) is 14.5. The molecule has 4 rings (SSSR count). The molecule has 0 radical (unpaired) electrons. The predicted octanol–water partition coefficient (Wildman–Crippen LogP) is 4.68. The van der Waals surface area contributed by atoms with E-state index >= 15 is 0 Å². The Morgan fingerprint density at radius 2 is 1.80 bits per heavy atom. The van der Waals surface area contributed by atoms with Crippen LogP contribution in [0.2, 0.25) is 0 Å². The molecule has 7 nitrogen and oxygen atoms in total. The van der Waals surface area contributed by atoms with Gasteiger partial charge in [-0.3, -0.25) is 0 Å². The molecule has 0 aliphatic rings. The fourth-order valence-electron chi connectivity index (χ4n) is 3.11. The molecule has 0 spiro atoms. The number of fused-ring (bicyclic) bond motifs is 1. The van der Waals surface area contributed by atoms with Gasteiger partial charge in [0.2, 0.25) is 0 Å². The molecule has 2 heterocycles. The first-order valence-corrected chi connectivity index (χ1v) is 9.34. The maximum atomic E-state index is 11.5. The molecule has 30 heavy (non-hydrogen) atoms. The van der Waals surface area contributed by atoms with Gasteiger partial charge in [-0.2, -0.15) is 0 Å². The lowest BCUT2D eigenvalue weighted by molar-refractivity contribution is 0.0594. The van der Waals surface area contributed by atoms with Crippen molar-refractivity contribution in [2.75, 3.05) is 19.1 Å². The number of ether oxygens (including phenoxy) is 2. The van der Waals surface area contributed by atoms with Gasteiger partial charge in [-0.25, -0.2) is 19.7 Å². The Hall–Kier alpha value is -4.00. The fraction of sp³-hybridized carbons (Fsp3) is 0.130. The highest BCUT2D eigenvalue weighted by Gasteiger charge is 2.13. The number of anilines is 2. The molecule has 0 N–H and O–H groups in total. The summed E-state index contributed by atoms with van der Waals surface area (Å²) in [7, 11) is 3.28. The zero-order chi connectivity index (χ0) is 21.1. The van der Waals surface area contributed by atoms with Crippen molar-refractivity contribution < 1.29 is 14.3 Å². The minimum Gasteiger partial charge on any atom is -0.464 e. The Kier molecular flexibility index (Phi) is 5.26. The van der Waals surface area contributed by atoms with Crippen molar-refractivity contribution in [1.82, 2.24) is 15.0 Å². The van der Waals surface area contributed by atoms with Crippen molar-refractivity contribution in [2.24, 2.45) is 0 Å². The normalized spacial score (nSPS) is 10.6. The number of hydrogen-bond donors (Lipinski definition) is 0. The number of pyridine rings is 1. The average Bonchev–Trinajstić information content (AvgIpc) is 2.78. The van der Waals surface area contributed by atoms with E-state index in [1.54, 1.807) is 12.1 Å². The smallest absolute Gasteiger partial charge is 0.356 e. The molecule has 0 saturated carbocycles. The van der Waals surface area contributed by atoms with Crippen LogP contribution in [-0.2, 0) is 4.74 Å². The van der Waals surface area contributed by atoms with Gasteiger partial charge in [0.15, 0.2) is 0 Å². The van der Waals surface area contributed by atoms with Crippen LogP contribution in [0.5, 0.6) is 11.5 Å². The summed E-state index contributed by atoms with van der Waals surface area (Å²) >= 11 is 0. The third-order valence-corrected chi connectivity index (χ3v) is 4.58. The molecule has 0 fully saturated rings. The van der Waals surface area contributed by atoms with Gasteiger partial charge in [0.25, 0.3) is 0 Å². The number of hydrogen-bond acceptors (Lipinski definition) is 7. The van der Waals surface area contributed by atoms with Crippen LogP contribution in [0, 0.1) is 6.92 Å². The molecule has 0 saturated heterocycles. The highest BCUT2D eigenvalue weighted by Crippen LogP contribution is 2.31. The van der Waals surface area contributed by atoms with Crippen molar-refractivity contribution in [3.8, 4) is 11.5 Å². The Bertz CT molecular complexity index is 1210. The van der Waals surface area contributed by atoms with Gasteiger partial charge < -0.3 is 14.4 Å². The first kappa shape index (κ1) is 19.3. The van der Waals surface area contributed by atoms with Crippen molar-refractivity contribution >= 4 is 28.4 Å². The largest absolute Gasteiger partial charge is 0.464 e. The Morgan fingerprint density at radius 3 is 2.57 bits per heavy atom. The first-order valence-electron chi connectivity index (χ1n) is 9.34. The van der Waals surface area contributed by atoms with Gasteiger partial charge >= 0.3 is 5.97 Å². The summed E-state index contributed by atoms with van der Waals surface area (Å²) in [5, 5.41) is 0.972. The molecule has 150 valence electrons. The maximum absolute atomic E-state index is 11.5. The standard InChI is InChI=1S/C23H20N4O3/c1-15-25-20-10-5-4-9-19(20)22(26-15)27(2)16-7-6-8-17(13-16)30-18-11-12-21(24-14-18)23(28)29-3/h4-14H,1-3H3. The molecular weight excluding hydrogens is 380 g/mol. The van der Waals surface area contributed by atoms with Crippen LogP contribution >= 0.6 is 0 Å². The molecule has 4 aromatic rings.